The second kappa shape index (κ2) is 6.58. The molecule has 1 aromatic carbocycles. The number of rotatable bonds is 4. The molecule has 1 aliphatic heterocycles. The van der Waals surface area contributed by atoms with Crippen LogP contribution in [0.4, 0.5) is 23.7 Å². The number of halogens is 3. The highest BCUT2D eigenvalue weighted by atomic mass is 32.1. The highest BCUT2D eigenvalue weighted by molar-refractivity contribution is 7.12. The molecule has 1 aromatic heterocycles. The van der Waals surface area contributed by atoms with Gasteiger partial charge in [-0.2, -0.15) is 13.2 Å². The number of nitrogens with one attached hydrogen (secondary N) is 2. The van der Waals surface area contributed by atoms with Gasteiger partial charge in [-0.3, -0.25) is 14.9 Å². The van der Waals surface area contributed by atoms with Gasteiger partial charge in [-0.25, -0.2) is 9.69 Å². The van der Waals surface area contributed by atoms with Crippen molar-refractivity contribution in [3.8, 4) is 5.75 Å². The van der Waals surface area contributed by atoms with Crippen molar-refractivity contribution in [1.82, 2.24) is 10.6 Å². The van der Waals surface area contributed by atoms with Crippen LogP contribution in [0.5, 0.6) is 5.75 Å². The fraction of sp³-hybridized carbons (Fsp3) is 0.188. The summed E-state index contributed by atoms with van der Waals surface area (Å²) < 4.78 is 46.2. The Bertz CT molecular complexity index is 883. The molecule has 4 amide bonds. The second-order valence-corrected chi connectivity index (χ2v) is 6.40. The Morgan fingerprint density at radius 2 is 1.89 bits per heavy atom. The van der Waals surface area contributed by atoms with Crippen LogP contribution in [-0.4, -0.2) is 36.8 Å². The Morgan fingerprint density at radius 3 is 2.41 bits per heavy atom. The normalized spacial score (nSPS) is 19.8. The number of nitrogens with zero attached hydrogens (tertiary/aromatic N) is 1. The standard InChI is InChI=1S/C16H12F3N3O4S/c1-26-10-6-4-9(5-7-10)22-13(24)15(16(17,18)19,21-14(22)25)20-12(23)11-3-2-8-27-11/h2-8H,1H3,(H,20,23)(H,21,25). The highest BCUT2D eigenvalue weighted by Gasteiger charge is 2.69. The molecular weight excluding hydrogens is 387 g/mol. The van der Waals surface area contributed by atoms with Crippen LogP contribution in [0.25, 0.3) is 0 Å². The molecule has 1 fully saturated rings. The van der Waals surface area contributed by atoms with E-state index < -0.39 is 29.7 Å². The van der Waals surface area contributed by atoms with Crippen molar-refractivity contribution in [1.29, 1.82) is 0 Å². The number of hydrogen-bond donors (Lipinski definition) is 2. The van der Waals surface area contributed by atoms with Crippen LogP contribution in [0.3, 0.4) is 0 Å². The summed E-state index contributed by atoms with van der Waals surface area (Å²) in [6.45, 7) is 0. The molecule has 1 saturated heterocycles. The lowest BCUT2D eigenvalue weighted by Crippen LogP contribution is -2.69. The van der Waals surface area contributed by atoms with Crippen LogP contribution in [0, 0.1) is 0 Å². The summed E-state index contributed by atoms with van der Waals surface area (Å²) in [4.78, 5) is 37.2. The molecule has 2 N–H and O–H groups in total. The molecule has 3 rings (SSSR count). The smallest absolute Gasteiger partial charge is 0.440 e. The summed E-state index contributed by atoms with van der Waals surface area (Å²) in [5.41, 5.74) is -3.67. The monoisotopic (exact) mass is 399 g/mol. The second-order valence-electron chi connectivity index (χ2n) is 5.45. The summed E-state index contributed by atoms with van der Waals surface area (Å²) in [6.07, 6.45) is -5.27. The van der Waals surface area contributed by atoms with Crippen molar-refractivity contribution in [2.24, 2.45) is 0 Å². The Balaban J connectivity index is 1.98. The van der Waals surface area contributed by atoms with Gasteiger partial charge >= 0.3 is 12.2 Å². The van der Waals surface area contributed by atoms with Crippen LogP contribution in [-0.2, 0) is 4.79 Å². The van der Waals surface area contributed by atoms with Gasteiger partial charge in [-0.15, -0.1) is 11.3 Å². The van der Waals surface area contributed by atoms with Crippen LogP contribution in [0.2, 0.25) is 0 Å². The van der Waals surface area contributed by atoms with Gasteiger partial charge in [0.05, 0.1) is 17.7 Å². The van der Waals surface area contributed by atoms with E-state index in [-0.39, 0.29) is 10.6 Å². The number of alkyl halides is 3. The topological polar surface area (TPSA) is 87.7 Å². The van der Waals surface area contributed by atoms with Crippen LogP contribution in [0.15, 0.2) is 41.8 Å². The third kappa shape index (κ3) is 3.10. The molecule has 2 heterocycles. The van der Waals surface area contributed by atoms with E-state index in [9.17, 15) is 27.6 Å². The molecule has 0 aliphatic carbocycles. The molecule has 0 saturated carbocycles. The lowest BCUT2D eigenvalue weighted by atomic mass is 10.1. The molecule has 0 spiro atoms. The number of ether oxygens (including phenoxy) is 1. The number of urea groups is 1. The maximum atomic E-state index is 13.8. The minimum absolute atomic E-state index is 0.0384. The summed E-state index contributed by atoms with van der Waals surface area (Å²) >= 11 is 0.896. The zero-order chi connectivity index (χ0) is 19.8. The first kappa shape index (κ1) is 18.7. The van der Waals surface area contributed by atoms with Crippen molar-refractivity contribution in [2.75, 3.05) is 12.0 Å². The lowest BCUT2D eigenvalue weighted by Gasteiger charge is -2.29. The molecule has 7 nitrogen and oxygen atoms in total. The van der Waals surface area contributed by atoms with Crippen molar-refractivity contribution < 1.29 is 32.3 Å². The van der Waals surface area contributed by atoms with Crippen LogP contribution >= 0.6 is 11.3 Å². The number of thiophene rings is 1. The molecule has 1 atom stereocenters. The number of anilines is 1. The fourth-order valence-electron chi connectivity index (χ4n) is 2.48. The number of methoxy groups -OCH3 is 1. The van der Waals surface area contributed by atoms with Gasteiger partial charge in [0.25, 0.3) is 17.5 Å². The van der Waals surface area contributed by atoms with Gasteiger partial charge < -0.3 is 10.1 Å². The summed E-state index contributed by atoms with van der Waals surface area (Å²) in [5.74, 6) is -2.40. The zero-order valence-electron chi connectivity index (χ0n) is 13.7. The van der Waals surface area contributed by atoms with E-state index in [2.05, 4.69) is 0 Å². The molecule has 1 unspecified atom stereocenters. The highest BCUT2D eigenvalue weighted by Crippen LogP contribution is 2.36. The van der Waals surface area contributed by atoms with Crippen molar-refractivity contribution in [2.45, 2.75) is 11.8 Å². The van der Waals surface area contributed by atoms with E-state index in [4.69, 9.17) is 4.74 Å². The quantitative estimate of drug-likeness (QED) is 0.774. The third-order valence-electron chi connectivity index (χ3n) is 3.82. The predicted octanol–water partition coefficient (Wildman–Crippen LogP) is 2.50. The largest absolute Gasteiger partial charge is 0.497 e. The van der Waals surface area contributed by atoms with Gasteiger partial charge in [0, 0.05) is 0 Å². The first-order valence-corrected chi connectivity index (χ1v) is 8.31. The maximum absolute atomic E-state index is 13.8. The van der Waals surface area contributed by atoms with E-state index >= 15 is 0 Å². The number of hydrogen-bond acceptors (Lipinski definition) is 5. The van der Waals surface area contributed by atoms with Gasteiger partial charge in [0.2, 0.25) is 0 Å². The van der Waals surface area contributed by atoms with E-state index in [1.54, 1.807) is 10.6 Å². The van der Waals surface area contributed by atoms with Crippen molar-refractivity contribution in [3.63, 3.8) is 0 Å². The number of amides is 4. The minimum atomic E-state index is -5.27. The van der Waals surface area contributed by atoms with E-state index in [1.165, 1.54) is 48.9 Å². The number of carbonyl (C=O) groups is 3. The molecule has 2 aromatic rings. The Kier molecular flexibility index (Phi) is 4.56. The lowest BCUT2D eigenvalue weighted by molar-refractivity contribution is -0.197. The molecular formula is C16H12F3N3O4S. The molecule has 1 aliphatic rings. The zero-order valence-corrected chi connectivity index (χ0v) is 14.5. The van der Waals surface area contributed by atoms with Crippen molar-refractivity contribution >= 4 is 34.9 Å². The third-order valence-corrected chi connectivity index (χ3v) is 4.69. The molecule has 11 heteroatoms. The van der Waals surface area contributed by atoms with Crippen LogP contribution < -0.4 is 20.3 Å². The van der Waals surface area contributed by atoms with Gasteiger partial charge in [-0.05, 0) is 35.7 Å². The predicted molar refractivity (Wildman–Crippen MR) is 89.6 cm³/mol. The summed E-state index contributed by atoms with van der Waals surface area (Å²) in [5, 5.41) is 4.71. The number of carbonyl (C=O) groups excluding carboxylic acids is 3. The minimum Gasteiger partial charge on any atom is -0.497 e. The summed E-state index contributed by atoms with van der Waals surface area (Å²) in [7, 11) is 1.39. The van der Waals surface area contributed by atoms with Gasteiger partial charge in [-0.1, -0.05) is 6.07 Å². The molecule has 0 bridgehead atoms. The van der Waals surface area contributed by atoms with E-state index in [0.717, 1.165) is 11.3 Å². The average molecular weight is 399 g/mol. The number of imide groups is 1. The Labute approximate surface area is 154 Å². The van der Waals surface area contributed by atoms with E-state index in [0.29, 0.717) is 10.6 Å². The van der Waals surface area contributed by atoms with Crippen molar-refractivity contribution in [3.05, 3.63) is 46.7 Å². The fourth-order valence-corrected chi connectivity index (χ4v) is 3.10. The van der Waals surface area contributed by atoms with E-state index in [1.807, 2.05) is 0 Å². The average Bonchev–Trinajstić information content (AvgIpc) is 3.23. The Hall–Kier alpha value is -3.08. The first-order chi connectivity index (χ1) is 12.7. The summed E-state index contributed by atoms with van der Waals surface area (Å²) in [6, 6.07) is 6.73. The molecule has 27 heavy (non-hydrogen) atoms. The molecule has 0 radical (unpaired) electrons. The number of benzene rings is 1. The Morgan fingerprint density at radius 1 is 1.22 bits per heavy atom. The SMILES string of the molecule is COc1ccc(N2C(=O)NC(NC(=O)c3cccs3)(C(F)(F)F)C2=O)cc1. The van der Waals surface area contributed by atoms with Gasteiger partial charge in [0.1, 0.15) is 5.75 Å². The van der Waals surface area contributed by atoms with Gasteiger partial charge in [0.15, 0.2) is 0 Å². The first-order valence-electron chi connectivity index (χ1n) is 7.43. The maximum Gasteiger partial charge on any atom is 0.440 e. The van der Waals surface area contributed by atoms with Crippen LogP contribution in [0.1, 0.15) is 9.67 Å². The molecule has 142 valence electrons.